The second-order valence-electron chi connectivity index (χ2n) is 5.20. The third-order valence-electron chi connectivity index (χ3n) is 3.21. The van der Waals surface area contributed by atoms with E-state index in [0.29, 0.717) is 22.3 Å². The molecule has 0 aliphatic rings. The van der Waals surface area contributed by atoms with Crippen molar-refractivity contribution in [3.8, 4) is 5.75 Å². The van der Waals surface area contributed by atoms with Crippen molar-refractivity contribution >= 4 is 34.8 Å². The van der Waals surface area contributed by atoms with Crippen LogP contribution in [-0.4, -0.2) is 31.5 Å². The van der Waals surface area contributed by atoms with E-state index in [1.165, 1.54) is 0 Å². The normalized spacial score (nSPS) is 10.7. The summed E-state index contributed by atoms with van der Waals surface area (Å²) in [5.74, 6) is 0.660. The zero-order valence-corrected chi connectivity index (χ0v) is 14.5. The molecule has 0 fully saturated rings. The molecular weight excluding hydrogens is 335 g/mol. The van der Waals surface area contributed by atoms with Gasteiger partial charge >= 0.3 is 0 Å². The van der Waals surface area contributed by atoms with Gasteiger partial charge in [-0.05, 0) is 42.9 Å². The SMILES string of the molecule is COc1cccc(CN(C)CC(=O)Nc2ccc(Cl)cc2Cl)c1. The van der Waals surface area contributed by atoms with Gasteiger partial charge in [0, 0.05) is 11.6 Å². The van der Waals surface area contributed by atoms with Crippen molar-refractivity contribution < 1.29 is 9.53 Å². The number of methoxy groups -OCH3 is 1. The third-order valence-corrected chi connectivity index (χ3v) is 3.75. The Bertz CT molecular complexity index is 692. The molecule has 6 heteroatoms. The van der Waals surface area contributed by atoms with E-state index in [0.717, 1.165) is 11.3 Å². The molecule has 0 unspecified atom stereocenters. The van der Waals surface area contributed by atoms with Crippen molar-refractivity contribution in [1.82, 2.24) is 4.90 Å². The standard InChI is InChI=1S/C17H18Cl2N2O2/c1-21(10-12-4-3-5-14(8-12)23-2)11-17(22)20-16-7-6-13(18)9-15(16)19/h3-9H,10-11H2,1-2H3,(H,20,22). The van der Waals surface area contributed by atoms with Gasteiger partial charge < -0.3 is 10.1 Å². The first-order chi connectivity index (χ1) is 11.0. The van der Waals surface area contributed by atoms with Gasteiger partial charge in [0.15, 0.2) is 0 Å². The molecule has 0 aliphatic carbocycles. The molecule has 2 aromatic rings. The topological polar surface area (TPSA) is 41.6 Å². The lowest BCUT2D eigenvalue weighted by atomic mass is 10.2. The van der Waals surface area contributed by atoms with Gasteiger partial charge in [-0.2, -0.15) is 0 Å². The predicted molar refractivity (Wildman–Crippen MR) is 94.4 cm³/mol. The van der Waals surface area contributed by atoms with Crippen molar-refractivity contribution in [3.63, 3.8) is 0 Å². The van der Waals surface area contributed by atoms with Crippen LogP contribution in [0.2, 0.25) is 10.0 Å². The van der Waals surface area contributed by atoms with E-state index >= 15 is 0 Å². The largest absolute Gasteiger partial charge is 0.497 e. The van der Waals surface area contributed by atoms with Crippen molar-refractivity contribution in [2.75, 3.05) is 26.0 Å². The molecule has 2 aromatic carbocycles. The molecule has 0 saturated carbocycles. The number of hydrogen-bond acceptors (Lipinski definition) is 3. The average Bonchev–Trinajstić information content (AvgIpc) is 2.50. The van der Waals surface area contributed by atoms with Gasteiger partial charge in [-0.15, -0.1) is 0 Å². The molecule has 122 valence electrons. The zero-order valence-electron chi connectivity index (χ0n) is 13.0. The molecule has 1 amide bonds. The molecule has 2 rings (SSSR count). The summed E-state index contributed by atoms with van der Waals surface area (Å²) in [5, 5.41) is 3.73. The van der Waals surface area contributed by atoms with Crippen molar-refractivity contribution in [2.24, 2.45) is 0 Å². The molecule has 0 radical (unpaired) electrons. The molecule has 0 heterocycles. The minimum Gasteiger partial charge on any atom is -0.497 e. The highest BCUT2D eigenvalue weighted by Gasteiger charge is 2.10. The number of carbonyl (C=O) groups excluding carboxylic acids is 1. The van der Waals surface area contributed by atoms with Gasteiger partial charge in [-0.1, -0.05) is 35.3 Å². The number of carbonyl (C=O) groups is 1. The highest BCUT2D eigenvalue weighted by Crippen LogP contribution is 2.25. The molecule has 0 atom stereocenters. The fraction of sp³-hybridized carbons (Fsp3) is 0.235. The summed E-state index contributed by atoms with van der Waals surface area (Å²) < 4.78 is 5.20. The Balaban J connectivity index is 1.91. The Morgan fingerprint density at radius 2 is 2.00 bits per heavy atom. The van der Waals surface area contributed by atoms with Crippen LogP contribution in [0.3, 0.4) is 0 Å². The number of hydrogen-bond donors (Lipinski definition) is 1. The Kier molecular flexibility index (Phi) is 6.28. The van der Waals surface area contributed by atoms with Gasteiger partial charge in [0.05, 0.1) is 24.4 Å². The van der Waals surface area contributed by atoms with Crippen LogP contribution in [0, 0.1) is 0 Å². The monoisotopic (exact) mass is 352 g/mol. The Morgan fingerprint density at radius 1 is 1.22 bits per heavy atom. The number of ether oxygens (including phenoxy) is 1. The molecule has 23 heavy (non-hydrogen) atoms. The summed E-state index contributed by atoms with van der Waals surface area (Å²) in [5.41, 5.74) is 1.63. The van der Waals surface area contributed by atoms with Crippen LogP contribution in [0.25, 0.3) is 0 Å². The quantitative estimate of drug-likeness (QED) is 0.851. The lowest BCUT2D eigenvalue weighted by molar-refractivity contribution is -0.117. The summed E-state index contributed by atoms with van der Waals surface area (Å²) in [6.07, 6.45) is 0. The van der Waals surface area contributed by atoms with Crippen LogP contribution in [0.1, 0.15) is 5.56 Å². The van der Waals surface area contributed by atoms with Crippen molar-refractivity contribution in [3.05, 3.63) is 58.1 Å². The third kappa shape index (κ3) is 5.43. The predicted octanol–water partition coefficient (Wildman–Crippen LogP) is 4.07. The molecule has 1 N–H and O–H groups in total. The maximum atomic E-state index is 12.1. The van der Waals surface area contributed by atoms with E-state index in [9.17, 15) is 4.79 Å². The Labute approximate surface area is 146 Å². The number of nitrogens with one attached hydrogen (secondary N) is 1. The maximum Gasteiger partial charge on any atom is 0.238 e. The fourth-order valence-corrected chi connectivity index (χ4v) is 2.62. The number of benzene rings is 2. The van der Waals surface area contributed by atoms with E-state index < -0.39 is 0 Å². The van der Waals surface area contributed by atoms with Crippen molar-refractivity contribution in [1.29, 1.82) is 0 Å². The highest BCUT2D eigenvalue weighted by molar-refractivity contribution is 6.36. The van der Waals surface area contributed by atoms with Crippen molar-refractivity contribution in [2.45, 2.75) is 6.54 Å². The number of nitrogens with zero attached hydrogens (tertiary/aromatic N) is 1. The second-order valence-corrected chi connectivity index (χ2v) is 6.04. The number of likely N-dealkylation sites (N-methyl/N-ethyl adjacent to an activating group) is 1. The molecule has 0 saturated heterocycles. The molecule has 0 aromatic heterocycles. The first-order valence-corrected chi connectivity index (χ1v) is 7.80. The number of halogens is 2. The highest BCUT2D eigenvalue weighted by atomic mass is 35.5. The van der Waals surface area contributed by atoms with E-state index in [1.807, 2.05) is 36.2 Å². The van der Waals surface area contributed by atoms with Crippen LogP contribution in [-0.2, 0) is 11.3 Å². The van der Waals surface area contributed by atoms with E-state index in [1.54, 1.807) is 25.3 Å². The second kappa shape index (κ2) is 8.20. The summed E-state index contributed by atoms with van der Waals surface area (Å²) in [6, 6.07) is 12.7. The fourth-order valence-electron chi connectivity index (χ4n) is 2.16. The zero-order chi connectivity index (χ0) is 16.8. The smallest absolute Gasteiger partial charge is 0.238 e. The summed E-state index contributed by atoms with van der Waals surface area (Å²) in [6.45, 7) is 0.884. The first-order valence-electron chi connectivity index (χ1n) is 7.04. The maximum absolute atomic E-state index is 12.1. The molecule has 0 bridgehead atoms. The van der Waals surface area contributed by atoms with Crippen LogP contribution in [0.15, 0.2) is 42.5 Å². The van der Waals surface area contributed by atoms with E-state index in [-0.39, 0.29) is 12.5 Å². The lowest BCUT2D eigenvalue weighted by Crippen LogP contribution is -2.29. The van der Waals surface area contributed by atoms with E-state index in [4.69, 9.17) is 27.9 Å². The van der Waals surface area contributed by atoms with Crippen LogP contribution in [0.5, 0.6) is 5.75 Å². The van der Waals surface area contributed by atoms with Gasteiger partial charge in [0.25, 0.3) is 0 Å². The molecule has 4 nitrogen and oxygen atoms in total. The van der Waals surface area contributed by atoms with E-state index in [2.05, 4.69) is 5.32 Å². The average molecular weight is 353 g/mol. The molecule has 0 spiro atoms. The van der Waals surface area contributed by atoms with Crippen LogP contribution < -0.4 is 10.1 Å². The van der Waals surface area contributed by atoms with Gasteiger partial charge in [-0.3, -0.25) is 9.69 Å². The molecule has 0 aliphatic heterocycles. The van der Waals surface area contributed by atoms with Gasteiger partial charge in [0.1, 0.15) is 5.75 Å². The van der Waals surface area contributed by atoms with Gasteiger partial charge in [-0.25, -0.2) is 0 Å². The minimum atomic E-state index is -0.139. The number of rotatable bonds is 6. The van der Waals surface area contributed by atoms with Crippen LogP contribution >= 0.6 is 23.2 Å². The first kappa shape index (κ1) is 17.6. The minimum absolute atomic E-state index is 0.139. The number of amides is 1. The molecular formula is C17H18Cl2N2O2. The van der Waals surface area contributed by atoms with Crippen LogP contribution in [0.4, 0.5) is 5.69 Å². The number of anilines is 1. The Morgan fingerprint density at radius 3 is 2.70 bits per heavy atom. The van der Waals surface area contributed by atoms with Gasteiger partial charge in [0.2, 0.25) is 5.91 Å². The summed E-state index contributed by atoms with van der Waals surface area (Å²) in [7, 11) is 3.51. The summed E-state index contributed by atoms with van der Waals surface area (Å²) in [4.78, 5) is 14.0. The summed E-state index contributed by atoms with van der Waals surface area (Å²) >= 11 is 11.9. The lowest BCUT2D eigenvalue weighted by Gasteiger charge is -2.17. The Hall–Kier alpha value is -1.75.